The molecule has 3 rings (SSSR count). The Morgan fingerprint density at radius 1 is 1.17 bits per heavy atom. The van der Waals surface area contributed by atoms with Gasteiger partial charge < -0.3 is 9.88 Å². The first-order valence-electron chi connectivity index (χ1n) is 8.86. The van der Waals surface area contributed by atoms with E-state index >= 15 is 0 Å². The monoisotopic (exact) mass is 311 g/mol. The third kappa shape index (κ3) is 4.04. The Hall–Kier alpha value is -2.02. The Kier molecular flexibility index (Phi) is 5.17. The molecule has 4 nitrogen and oxygen atoms in total. The van der Waals surface area contributed by atoms with E-state index < -0.39 is 0 Å². The summed E-state index contributed by atoms with van der Waals surface area (Å²) in [4.78, 5) is 12.3. The Morgan fingerprint density at radius 2 is 1.87 bits per heavy atom. The van der Waals surface area contributed by atoms with Crippen molar-refractivity contribution in [3.05, 3.63) is 29.6 Å². The van der Waals surface area contributed by atoms with Gasteiger partial charge >= 0.3 is 0 Å². The molecule has 1 N–H and O–H groups in total. The molecule has 0 spiro atoms. The Balaban J connectivity index is 1.65. The van der Waals surface area contributed by atoms with Gasteiger partial charge in [0.1, 0.15) is 11.6 Å². The average Bonchev–Trinajstić information content (AvgIpc) is 3.24. The number of carbonyl (C=O) groups excluding carboxylic acids is 1. The maximum Gasteiger partial charge on any atom is 0.262 e. The molecule has 0 aromatic carbocycles. The summed E-state index contributed by atoms with van der Waals surface area (Å²) in [6, 6.07) is 4.86. The highest BCUT2D eigenvalue weighted by Crippen LogP contribution is 2.30. The molecule has 0 aliphatic heterocycles. The van der Waals surface area contributed by atoms with Crippen molar-refractivity contribution in [2.75, 3.05) is 0 Å². The second kappa shape index (κ2) is 7.50. The third-order valence-electron chi connectivity index (χ3n) is 5.10. The van der Waals surface area contributed by atoms with Crippen molar-refractivity contribution in [2.24, 2.45) is 0 Å². The minimum Gasteiger partial charge on any atom is -0.351 e. The number of amides is 1. The number of nitrogens with one attached hydrogen (secondary N) is 1. The van der Waals surface area contributed by atoms with Crippen molar-refractivity contribution in [1.29, 1.82) is 5.26 Å². The SMILES string of the molecule is N#C/C(=C\c1ccn(C2CCCC2)c1)C(=O)NC1CCCCC1. The molecule has 2 fully saturated rings. The lowest BCUT2D eigenvalue weighted by Crippen LogP contribution is -2.36. The van der Waals surface area contributed by atoms with Gasteiger partial charge in [-0.2, -0.15) is 5.26 Å². The molecule has 1 aromatic rings. The van der Waals surface area contributed by atoms with Gasteiger partial charge in [-0.05, 0) is 43.4 Å². The molecule has 1 heterocycles. The molecule has 23 heavy (non-hydrogen) atoms. The van der Waals surface area contributed by atoms with Crippen LogP contribution in [0, 0.1) is 11.3 Å². The van der Waals surface area contributed by atoms with Crippen molar-refractivity contribution in [1.82, 2.24) is 9.88 Å². The highest BCUT2D eigenvalue weighted by Gasteiger charge is 2.19. The number of carbonyl (C=O) groups is 1. The molecule has 1 aromatic heterocycles. The normalized spacial score (nSPS) is 20.4. The molecule has 1 amide bonds. The summed E-state index contributed by atoms with van der Waals surface area (Å²) in [6.45, 7) is 0. The predicted octanol–water partition coefficient (Wildman–Crippen LogP) is 3.96. The van der Waals surface area contributed by atoms with Crippen molar-refractivity contribution >= 4 is 12.0 Å². The number of nitrogens with zero attached hydrogens (tertiary/aromatic N) is 2. The Bertz CT molecular complexity index is 611. The summed E-state index contributed by atoms with van der Waals surface area (Å²) >= 11 is 0. The lowest BCUT2D eigenvalue weighted by atomic mass is 9.95. The molecular formula is C19H25N3O. The molecule has 0 atom stereocenters. The topological polar surface area (TPSA) is 57.8 Å². The standard InChI is InChI=1S/C19H25N3O/c20-13-16(19(23)21-17-6-2-1-3-7-17)12-15-10-11-22(14-15)18-8-4-5-9-18/h10-12,14,17-18H,1-9H2,(H,21,23)/b16-12+. The fourth-order valence-electron chi connectivity index (χ4n) is 3.77. The molecule has 0 radical (unpaired) electrons. The summed E-state index contributed by atoms with van der Waals surface area (Å²) < 4.78 is 2.23. The first kappa shape index (κ1) is 15.9. The zero-order valence-corrected chi connectivity index (χ0v) is 13.6. The average molecular weight is 311 g/mol. The quantitative estimate of drug-likeness (QED) is 0.676. The van der Waals surface area contributed by atoms with Crippen LogP contribution < -0.4 is 5.32 Å². The van der Waals surface area contributed by atoms with Crippen LogP contribution in [0.25, 0.3) is 6.08 Å². The minimum absolute atomic E-state index is 0.208. The van der Waals surface area contributed by atoms with Gasteiger partial charge in [0.05, 0.1) is 0 Å². The summed E-state index contributed by atoms with van der Waals surface area (Å²) in [5, 5.41) is 12.3. The smallest absolute Gasteiger partial charge is 0.262 e. The van der Waals surface area contributed by atoms with E-state index in [0.29, 0.717) is 6.04 Å². The van der Waals surface area contributed by atoms with Crippen LogP contribution in [0.2, 0.25) is 0 Å². The van der Waals surface area contributed by atoms with Gasteiger partial charge in [0.15, 0.2) is 0 Å². The second-order valence-corrected chi connectivity index (χ2v) is 6.81. The lowest BCUT2D eigenvalue weighted by molar-refractivity contribution is -0.117. The number of rotatable bonds is 4. The van der Waals surface area contributed by atoms with Crippen molar-refractivity contribution in [3.63, 3.8) is 0 Å². The number of nitriles is 1. The van der Waals surface area contributed by atoms with Crippen LogP contribution in [-0.4, -0.2) is 16.5 Å². The highest BCUT2D eigenvalue weighted by atomic mass is 16.1. The van der Waals surface area contributed by atoms with Gasteiger partial charge in [-0.25, -0.2) is 0 Å². The third-order valence-corrected chi connectivity index (χ3v) is 5.10. The van der Waals surface area contributed by atoms with Crippen LogP contribution in [0.4, 0.5) is 0 Å². The van der Waals surface area contributed by atoms with E-state index in [4.69, 9.17) is 0 Å². The maximum absolute atomic E-state index is 12.3. The second-order valence-electron chi connectivity index (χ2n) is 6.81. The highest BCUT2D eigenvalue weighted by molar-refractivity contribution is 6.01. The minimum atomic E-state index is -0.229. The molecule has 2 aliphatic carbocycles. The molecule has 0 unspecified atom stereocenters. The summed E-state index contributed by atoms with van der Waals surface area (Å²) in [5.41, 5.74) is 1.15. The maximum atomic E-state index is 12.3. The molecule has 0 bridgehead atoms. The van der Waals surface area contributed by atoms with Crippen molar-refractivity contribution in [3.8, 4) is 6.07 Å². The van der Waals surface area contributed by atoms with E-state index in [9.17, 15) is 10.1 Å². The zero-order chi connectivity index (χ0) is 16.1. The first-order chi connectivity index (χ1) is 11.3. The van der Waals surface area contributed by atoms with Gasteiger partial charge in [-0.3, -0.25) is 4.79 Å². The molecule has 0 saturated heterocycles. The van der Waals surface area contributed by atoms with E-state index in [1.807, 2.05) is 6.07 Å². The molecule has 122 valence electrons. The fraction of sp³-hybridized carbons (Fsp3) is 0.579. The zero-order valence-electron chi connectivity index (χ0n) is 13.6. The van der Waals surface area contributed by atoms with Crippen LogP contribution in [-0.2, 0) is 4.79 Å². The number of hydrogen-bond donors (Lipinski definition) is 1. The van der Waals surface area contributed by atoms with Gasteiger partial charge in [0.25, 0.3) is 5.91 Å². The van der Waals surface area contributed by atoms with Gasteiger partial charge in [-0.1, -0.05) is 32.1 Å². The Morgan fingerprint density at radius 3 is 2.57 bits per heavy atom. The molecule has 4 heteroatoms. The van der Waals surface area contributed by atoms with Gasteiger partial charge in [0, 0.05) is 24.5 Å². The summed E-state index contributed by atoms with van der Waals surface area (Å²) in [7, 11) is 0. The molecule has 2 saturated carbocycles. The van der Waals surface area contributed by atoms with Crippen LogP contribution in [0.1, 0.15) is 69.4 Å². The van der Waals surface area contributed by atoms with Crippen LogP contribution >= 0.6 is 0 Å². The molecular weight excluding hydrogens is 286 g/mol. The van der Waals surface area contributed by atoms with E-state index in [-0.39, 0.29) is 17.5 Å². The van der Waals surface area contributed by atoms with Crippen LogP contribution in [0.15, 0.2) is 24.0 Å². The van der Waals surface area contributed by atoms with Crippen LogP contribution in [0.5, 0.6) is 0 Å². The van der Waals surface area contributed by atoms with E-state index in [1.54, 1.807) is 6.08 Å². The van der Waals surface area contributed by atoms with E-state index in [2.05, 4.69) is 28.3 Å². The number of aromatic nitrogens is 1. The molecule has 2 aliphatic rings. The largest absolute Gasteiger partial charge is 0.351 e. The van der Waals surface area contributed by atoms with E-state index in [0.717, 1.165) is 18.4 Å². The first-order valence-corrected chi connectivity index (χ1v) is 8.86. The Labute approximate surface area is 138 Å². The fourth-order valence-corrected chi connectivity index (χ4v) is 3.77. The van der Waals surface area contributed by atoms with Crippen molar-refractivity contribution < 1.29 is 4.79 Å². The van der Waals surface area contributed by atoms with Crippen LogP contribution in [0.3, 0.4) is 0 Å². The number of hydrogen-bond acceptors (Lipinski definition) is 2. The lowest BCUT2D eigenvalue weighted by Gasteiger charge is -2.22. The summed E-state index contributed by atoms with van der Waals surface area (Å²) in [6.07, 6.45) is 16.5. The van der Waals surface area contributed by atoms with E-state index in [1.165, 1.54) is 44.9 Å². The van der Waals surface area contributed by atoms with Gasteiger partial charge in [0.2, 0.25) is 0 Å². The predicted molar refractivity (Wildman–Crippen MR) is 90.5 cm³/mol. The summed E-state index contributed by atoms with van der Waals surface area (Å²) in [5.74, 6) is -0.229. The van der Waals surface area contributed by atoms with Crippen molar-refractivity contribution in [2.45, 2.75) is 69.9 Å². The van der Waals surface area contributed by atoms with Gasteiger partial charge in [-0.15, -0.1) is 0 Å².